The molecule has 0 saturated heterocycles. The van der Waals surface area contributed by atoms with Crippen LogP contribution in [0.1, 0.15) is 42.5 Å². The first-order chi connectivity index (χ1) is 8.66. The van der Waals surface area contributed by atoms with Gasteiger partial charge in [-0.15, -0.1) is 0 Å². The van der Waals surface area contributed by atoms with Gasteiger partial charge in [0, 0.05) is 15.3 Å². The fourth-order valence-corrected chi connectivity index (χ4v) is 3.47. The number of rotatable bonds is 3. The Labute approximate surface area is 120 Å². The lowest BCUT2D eigenvalue weighted by Crippen LogP contribution is -2.17. The second-order valence-electron chi connectivity index (χ2n) is 4.50. The summed E-state index contributed by atoms with van der Waals surface area (Å²) in [5, 5.41) is 0.0230. The molecule has 1 aromatic carbocycles. The van der Waals surface area contributed by atoms with Crippen LogP contribution < -0.4 is 0 Å². The zero-order valence-electron chi connectivity index (χ0n) is 10.0. The quantitative estimate of drug-likeness (QED) is 0.616. The van der Waals surface area contributed by atoms with Crippen LogP contribution >= 0.6 is 27.7 Å². The zero-order chi connectivity index (χ0) is 13.0. The van der Waals surface area contributed by atoms with Crippen LogP contribution in [0.5, 0.6) is 0 Å². The molecule has 2 rings (SSSR count). The lowest BCUT2D eigenvalue weighted by atomic mass is 10.0. The predicted octanol–water partition coefficient (Wildman–Crippen LogP) is 4.22. The van der Waals surface area contributed by atoms with E-state index in [9.17, 15) is 9.59 Å². The lowest BCUT2D eigenvalue weighted by molar-refractivity contribution is -0.107. The van der Waals surface area contributed by atoms with Crippen molar-refractivity contribution in [3.63, 3.8) is 0 Å². The number of hydrogen-bond donors (Lipinski definition) is 0. The van der Waals surface area contributed by atoms with E-state index in [-0.39, 0.29) is 10.9 Å². The maximum absolute atomic E-state index is 11.9. The van der Waals surface area contributed by atoms with E-state index in [4.69, 9.17) is 0 Å². The molecule has 0 N–H and O–H groups in total. The number of thioether (sulfide) groups is 1. The highest BCUT2D eigenvalue weighted by atomic mass is 79.9. The third-order valence-electron chi connectivity index (χ3n) is 3.12. The number of carbonyl (C=O) groups is 2. The molecule has 0 unspecified atom stereocenters. The molecule has 0 spiro atoms. The lowest BCUT2D eigenvalue weighted by Gasteiger charge is -2.19. The van der Waals surface area contributed by atoms with Crippen molar-refractivity contribution in [3.8, 4) is 0 Å². The monoisotopic (exact) mass is 326 g/mol. The second-order valence-corrected chi connectivity index (χ2v) is 6.69. The minimum absolute atomic E-state index is 0.316. The Bertz CT molecular complexity index is 436. The summed E-state index contributed by atoms with van der Waals surface area (Å²) in [6.07, 6.45) is 5.73. The van der Waals surface area contributed by atoms with Gasteiger partial charge in [-0.3, -0.25) is 9.59 Å². The average molecular weight is 327 g/mol. The van der Waals surface area contributed by atoms with Gasteiger partial charge in [0.2, 0.25) is 5.78 Å². The van der Waals surface area contributed by atoms with Crippen molar-refractivity contribution in [1.82, 2.24) is 0 Å². The normalized spacial score (nSPS) is 16.5. The van der Waals surface area contributed by atoms with Gasteiger partial charge in [0.05, 0.1) is 0 Å². The first-order valence-corrected chi connectivity index (χ1v) is 7.85. The van der Waals surface area contributed by atoms with Crippen LogP contribution in [0.3, 0.4) is 0 Å². The Morgan fingerprint density at radius 1 is 1.06 bits per heavy atom. The first-order valence-electron chi connectivity index (χ1n) is 6.17. The van der Waals surface area contributed by atoms with Gasteiger partial charge >= 0.3 is 0 Å². The zero-order valence-corrected chi connectivity index (χ0v) is 12.4. The third-order valence-corrected chi connectivity index (χ3v) is 4.85. The molecule has 0 aromatic heterocycles. The Balaban J connectivity index is 1.95. The van der Waals surface area contributed by atoms with E-state index in [0.29, 0.717) is 10.8 Å². The maximum Gasteiger partial charge on any atom is 0.260 e. The van der Waals surface area contributed by atoms with Crippen LogP contribution in [0, 0.1) is 0 Å². The van der Waals surface area contributed by atoms with Crippen molar-refractivity contribution in [1.29, 1.82) is 0 Å². The highest BCUT2D eigenvalue weighted by molar-refractivity contribution is 9.10. The summed E-state index contributed by atoms with van der Waals surface area (Å²) in [6.45, 7) is 0. The summed E-state index contributed by atoms with van der Waals surface area (Å²) in [7, 11) is 0. The first kappa shape index (κ1) is 13.8. The number of benzene rings is 1. The summed E-state index contributed by atoms with van der Waals surface area (Å²) in [6, 6.07) is 6.94. The van der Waals surface area contributed by atoms with Gasteiger partial charge < -0.3 is 0 Å². The van der Waals surface area contributed by atoms with Crippen molar-refractivity contribution in [2.75, 3.05) is 0 Å². The fourth-order valence-electron chi connectivity index (χ4n) is 2.11. The predicted molar refractivity (Wildman–Crippen MR) is 77.9 cm³/mol. The van der Waals surface area contributed by atoms with Crippen molar-refractivity contribution in [3.05, 3.63) is 34.3 Å². The van der Waals surface area contributed by atoms with E-state index < -0.39 is 0 Å². The van der Waals surface area contributed by atoms with Crippen molar-refractivity contribution < 1.29 is 9.59 Å². The van der Waals surface area contributed by atoms with Crippen molar-refractivity contribution in [2.45, 2.75) is 37.4 Å². The molecule has 1 aliphatic carbocycles. The SMILES string of the molecule is O=C(SC1CCCCC1)C(=O)c1ccc(Br)cc1. The van der Waals surface area contributed by atoms with Gasteiger partial charge in [-0.05, 0) is 37.1 Å². The van der Waals surface area contributed by atoms with Crippen LogP contribution in [0.15, 0.2) is 28.7 Å². The molecule has 1 aliphatic rings. The van der Waals surface area contributed by atoms with Crippen LogP contribution in [-0.4, -0.2) is 16.1 Å². The number of hydrogen-bond acceptors (Lipinski definition) is 3. The molecule has 0 bridgehead atoms. The summed E-state index contributed by atoms with van der Waals surface area (Å²) in [5.41, 5.74) is 0.478. The molecule has 2 nitrogen and oxygen atoms in total. The van der Waals surface area contributed by atoms with Crippen LogP contribution in [-0.2, 0) is 4.79 Å². The molecule has 1 aromatic rings. The Morgan fingerprint density at radius 2 is 1.67 bits per heavy atom. The highest BCUT2D eigenvalue weighted by Gasteiger charge is 2.23. The van der Waals surface area contributed by atoms with E-state index in [0.717, 1.165) is 17.3 Å². The summed E-state index contributed by atoms with van der Waals surface area (Å²) >= 11 is 4.54. The second kappa shape index (κ2) is 6.53. The largest absolute Gasteiger partial charge is 0.284 e. The number of ketones is 1. The third kappa shape index (κ3) is 3.69. The van der Waals surface area contributed by atoms with E-state index in [1.54, 1.807) is 24.3 Å². The van der Waals surface area contributed by atoms with Crippen LogP contribution in [0.4, 0.5) is 0 Å². The molecular formula is C14H15BrO2S. The highest BCUT2D eigenvalue weighted by Crippen LogP contribution is 2.29. The summed E-state index contributed by atoms with van der Waals surface area (Å²) in [5.74, 6) is -0.377. The Kier molecular flexibility index (Phi) is 5.01. The minimum atomic E-state index is -0.377. The van der Waals surface area contributed by atoms with E-state index >= 15 is 0 Å². The molecule has 18 heavy (non-hydrogen) atoms. The van der Waals surface area contributed by atoms with Gasteiger partial charge in [-0.2, -0.15) is 0 Å². The van der Waals surface area contributed by atoms with Crippen LogP contribution in [0.25, 0.3) is 0 Å². The Hall–Kier alpha value is -0.610. The van der Waals surface area contributed by atoms with E-state index in [1.807, 2.05) is 0 Å². The molecule has 0 heterocycles. The van der Waals surface area contributed by atoms with Crippen LogP contribution in [0.2, 0.25) is 0 Å². The van der Waals surface area contributed by atoms with Gasteiger partial charge in [-0.25, -0.2) is 0 Å². The molecule has 0 amide bonds. The van der Waals surface area contributed by atoms with Gasteiger partial charge in [0.25, 0.3) is 5.12 Å². The van der Waals surface area contributed by atoms with Crippen molar-refractivity contribution in [2.24, 2.45) is 0 Å². The average Bonchev–Trinajstić information content (AvgIpc) is 2.40. The molecular weight excluding hydrogens is 312 g/mol. The molecule has 0 radical (unpaired) electrons. The molecule has 1 saturated carbocycles. The number of carbonyl (C=O) groups excluding carboxylic acids is 2. The molecule has 0 aliphatic heterocycles. The standard InChI is InChI=1S/C14H15BrO2S/c15-11-8-6-10(7-9-11)13(16)14(17)18-12-4-2-1-3-5-12/h6-9,12H,1-5H2. The summed E-state index contributed by atoms with van der Waals surface area (Å²) < 4.78 is 0.909. The summed E-state index contributed by atoms with van der Waals surface area (Å²) in [4.78, 5) is 23.8. The van der Waals surface area contributed by atoms with E-state index in [2.05, 4.69) is 15.9 Å². The number of halogens is 1. The van der Waals surface area contributed by atoms with E-state index in [1.165, 1.54) is 31.0 Å². The molecule has 96 valence electrons. The van der Waals surface area contributed by atoms with Gasteiger partial charge in [-0.1, -0.05) is 47.0 Å². The molecule has 0 atom stereocenters. The van der Waals surface area contributed by atoms with Crippen molar-refractivity contribution >= 4 is 38.6 Å². The Morgan fingerprint density at radius 3 is 2.28 bits per heavy atom. The molecule has 4 heteroatoms. The van der Waals surface area contributed by atoms with Gasteiger partial charge in [0.1, 0.15) is 0 Å². The minimum Gasteiger partial charge on any atom is -0.284 e. The molecule has 1 fully saturated rings. The van der Waals surface area contributed by atoms with Gasteiger partial charge in [0.15, 0.2) is 0 Å². The number of Topliss-reactive ketones (excluding diaryl/α,β-unsaturated/α-hetero) is 1. The smallest absolute Gasteiger partial charge is 0.260 e. The maximum atomic E-state index is 11.9. The topological polar surface area (TPSA) is 34.1 Å². The fraction of sp³-hybridized carbons (Fsp3) is 0.429.